The molecule has 1 aliphatic heterocycles. The zero-order chi connectivity index (χ0) is 22.8. The first-order valence-electron chi connectivity index (χ1n) is 11.3. The fraction of sp³-hybridized carbons (Fsp3) is 0.320. The molecule has 0 unspecified atom stereocenters. The van der Waals surface area contributed by atoms with Crippen LogP contribution in [0.3, 0.4) is 0 Å². The van der Waals surface area contributed by atoms with E-state index in [1.54, 1.807) is 18.2 Å². The fourth-order valence-electron chi connectivity index (χ4n) is 4.47. The van der Waals surface area contributed by atoms with Gasteiger partial charge in [0.1, 0.15) is 5.69 Å². The number of imidazole rings is 1. The van der Waals surface area contributed by atoms with Gasteiger partial charge in [0, 0.05) is 6.54 Å². The van der Waals surface area contributed by atoms with Crippen molar-refractivity contribution < 1.29 is 4.79 Å². The maximum atomic E-state index is 12.5. The van der Waals surface area contributed by atoms with Gasteiger partial charge in [0.25, 0.3) is 5.91 Å². The van der Waals surface area contributed by atoms with Crippen molar-refractivity contribution in [1.82, 2.24) is 14.9 Å². The lowest BCUT2D eigenvalue weighted by Crippen LogP contribution is -2.19. The summed E-state index contributed by atoms with van der Waals surface area (Å²) in [7, 11) is 0. The van der Waals surface area contributed by atoms with Gasteiger partial charge in [-0.1, -0.05) is 67.4 Å². The molecule has 8 heteroatoms. The Morgan fingerprint density at radius 3 is 2.73 bits per heavy atom. The van der Waals surface area contributed by atoms with Crippen LogP contribution in [0.15, 0.2) is 52.6 Å². The fourth-order valence-corrected chi connectivity index (χ4v) is 5.78. The highest BCUT2D eigenvalue weighted by Crippen LogP contribution is 2.36. The van der Waals surface area contributed by atoms with E-state index in [-0.39, 0.29) is 5.91 Å². The number of hydrogen-bond acceptors (Lipinski definition) is 4. The zero-order valence-electron chi connectivity index (χ0n) is 18.1. The molecule has 2 aliphatic rings. The molecule has 1 aliphatic carbocycles. The van der Waals surface area contributed by atoms with E-state index in [4.69, 9.17) is 23.2 Å². The molecule has 5 nitrogen and oxygen atoms in total. The van der Waals surface area contributed by atoms with Crippen LogP contribution in [0.2, 0.25) is 10.0 Å². The van der Waals surface area contributed by atoms with Gasteiger partial charge in [-0.3, -0.25) is 4.79 Å². The van der Waals surface area contributed by atoms with Crippen LogP contribution in [0.4, 0.5) is 5.69 Å². The van der Waals surface area contributed by atoms with Crippen LogP contribution in [0, 0.1) is 5.92 Å². The highest BCUT2D eigenvalue weighted by molar-refractivity contribution is 8.18. The molecule has 2 fully saturated rings. The largest absolute Gasteiger partial charge is 0.331 e. The lowest BCUT2D eigenvalue weighted by molar-refractivity contribution is -0.115. The first-order valence-corrected chi connectivity index (χ1v) is 12.8. The van der Waals surface area contributed by atoms with Crippen molar-refractivity contribution in [3.8, 4) is 0 Å². The SMILES string of the molecule is O=C1NC(=Nc2c(Cl)cccc2Cl)SC1=Cc1ccc2ncn(CCC3CCCCC3)c2c1. The molecule has 2 aromatic carbocycles. The van der Waals surface area contributed by atoms with E-state index in [9.17, 15) is 4.79 Å². The van der Waals surface area contributed by atoms with Gasteiger partial charge in [-0.25, -0.2) is 9.98 Å². The maximum absolute atomic E-state index is 12.5. The molecular formula is C25H24Cl2N4OS. The second-order valence-electron chi connectivity index (χ2n) is 8.53. The zero-order valence-corrected chi connectivity index (χ0v) is 20.4. The number of halogens is 2. The number of amides is 1. The average Bonchev–Trinajstić information content (AvgIpc) is 3.38. The second kappa shape index (κ2) is 9.92. The predicted octanol–water partition coefficient (Wildman–Crippen LogP) is 7.21. The summed E-state index contributed by atoms with van der Waals surface area (Å²) < 4.78 is 2.24. The average molecular weight is 499 g/mol. The Labute approximate surface area is 207 Å². The number of benzene rings is 2. The van der Waals surface area contributed by atoms with E-state index in [0.29, 0.717) is 25.8 Å². The molecular weight excluding hydrogens is 475 g/mol. The summed E-state index contributed by atoms with van der Waals surface area (Å²) in [5, 5.41) is 4.13. The van der Waals surface area contributed by atoms with Crippen LogP contribution in [0.5, 0.6) is 0 Å². The number of carbonyl (C=O) groups excluding carboxylic acids is 1. The van der Waals surface area contributed by atoms with Crippen LogP contribution >= 0.6 is 35.0 Å². The van der Waals surface area contributed by atoms with E-state index >= 15 is 0 Å². The van der Waals surface area contributed by atoms with Gasteiger partial charge >= 0.3 is 0 Å². The van der Waals surface area contributed by atoms with Crippen molar-refractivity contribution in [3.05, 3.63) is 63.2 Å². The number of amidine groups is 1. The summed E-state index contributed by atoms with van der Waals surface area (Å²) in [6, 6.07) is 11.3. The van der Waals surface area contributed by atoms with Gasteiger partial charge in [-0.2, -0.15) is 0 Å². The van der Waals surface area contributed by atoms with Gasteiger partial charge in [0.2, 0.25) is 0 Å². The van der Waals surface area contributed by atoms with Crippen molar-refractivity contribution in [1.29, 1.82) is 0 Å². The Balaban J connectivity index is 1.35. The van der Waals surface area contributed by atoms with Crippen LogP contribution < -0.4 is 5.32 Å². The molecule has 33 heavy (non-hydrogen) atoms. The number of fused-ring (bicyclic) bond motifs is 1. The van der Waals surface area contributed by atoms with Crippen molar-refractivity contribution in [2.45, 2.75) is 45.1 Å². The maximum Gasteiger partial charge on any atom is 0.264 e. The Morgan fingerprint density at radius 1 is 1.15 bits per heavy atom. The molecule has 1 aromatic heterocycles. The topological polar surface area (TPSA) is 59.3 Å². The van der Waals surface area contributed by atoms with E-state index < -0.39 is 0 Å². The number of para-hydroxylation sites is 1. The Morgan fingerprint density at radius 2 is 1.94 bits per heavy atom. The first kappa shape index (κ1) is 22.5. The number of carbonyl (C=O) groups is 1. The third kappa shape index (κ3) is 5.13. The molecule has 3 aromatic rings. The number of aromatic nitrogens is 2. The van der Waals surface area contributed by atoms with Crippen molar-refractivity contribution >= 4 is 68.8 Å². The quantitative estimate of drug-likeness (QED) is 0.378. The number of hydrogen-bond donors (Lipinski definition) is 1. The van der Waals surface area contributed by atoms with Gasteiger partial charge < -0.3 is 9.88 Å². The molecule has 2 heterocycles. The predicted molar refractivity (Wildman–Crippen MR) is 138 cm³/mol. The molecule has 1 N–H and O–H groups in total. The van der Waals surface area contributed by atoms with E-state index in [1.165, 1.54) is 50.3 Å². The summed E-state index contributed by atoms with van der Waals surface area (Å²) in [5.74, 6) is 0.636. The molecule has 1 saturated heterocycles. The lowest BCUT2D eigenvalue weighted by atomic mass is 9.87. The normalized spacial score (nSPS) is 19.6. The third-order valence-electron chi connectivity index (χ3n) is 6.25. The summed E-state index contributed by atoms with van der Waals surface area (Å²) in [6.45, 7) is 0.978. The smallest absolute Gasteiger partial charge is 0.264 e. The molecule has 0 spiro atoms. The van der Waals surface area contributed by atoms with Gasteiger partial charge in [-0.15, -0.1) is 0 Å². The molecule has 1 amide bonds. The van der Waals surface area contributed by atoms with E-state index in [2.05, 4.69) is 25.9 Å². The van der Waals surface area contributed by atoms with E-state index in [0.717, 1.165) is 29.1 Å². The Kier molecular flexibility index (Phi) is 6.76. The monoisotopic (exact) mass is 498 g/mol. The summed E-state index contributed by atoms with van der Waals surface area (Å²) in [5.41, 5.74) is 3.48. The minimum Gasteiger partial charge on any atom is -0.331 e. The Hall–Kier alpha value is -2.28. The molecule has 170 valence electrons. The number of rotatable bonds is 5. The third-order valence-corrected chi connectivity index (χ3v) is 7.77. The lowest BCUT2D eigenvalue weighted by Gasteiger charge is -2.21. The number of aliphatic imine (C=N–C) groups is 1. The van der Waals surface area contributed by atoms with Crippen LogP contribution in [-0.2, 0) is 11.3 Å². The van der Waals surface area contributed by atoms with Gasteiger partial charge in [0.05, 0.1) is 32.3 Å². The molecule has 0 radical (unpaired) electrons. The minimum atomic E-state index is -0.187. The van der Waals surface area contributed by atoms with Gasteiger partial charge in [-0.05, 0) is 60.0 Å². The minimum absolute atomic E-state index is 0.187. The van der Waals surface area contributed by atoms with Crippen molar-refractivity contribution in [2.24, 2.45) is 10.9 Å². The molecule has 5 rings (SSSR count). The van der Waals surface area contributed by atoms with Crippen molar-refractivity contribution in [3.63, 3.8) is 0 Å². The van der Waals surface area contributed by atoms with Crippen LogP contribution in [0.1, 0.15) is 44.1 Å². The second-order valence-corrected chi connectivity index (χ2v) is 10.4. The summed E-state index contributed by atoms with van der Waals surface area (Å²) in [6.07, 6.45) is 11.8. The highest BCUT2D eigenvalue weighted by atomic mass is 35.5. The number of nitrogens with zero attached hydrogens (tertiary/aromatic N) is 3. The summed E-state index contributed by atoms with van der Waals surface area (Å²) >= 11 is 13.7. The number of aryl methyl sites for hydroxylation is 1. The van der Waals surface area contributed by atoms with Crippen molar-refractivity contribution in [2.75, 3.05) is 0 Å². The van der Waals surface area contributed by atoms with E-state index in [1.807, 2.05) is 24.5 Å². The van der Waals surface area contributed by atoms with Gasteiger partial charge in [0.15, 0.2) is 5.17 Å². The molecule has 0 bridgehead atoms. The molecule has 0 atom stereocenters. The number of thioether (sulfide) groups is 1. The van der Waals surface area contributed by atoms with Crippen LogP contribution in [-0.4, -0.2) is 20.6 Å². The standard InChI is InChI=1S/C25H24Cl2N4OS/c26-18-7-4-8-19(27)23(18)29-25-30-24(32)22(33-25)14-17-9-10-20-21(13-17)31(15-28-20)12-11-16-5-2-1-3-6-16/h4,7-10,13-16H,1-3,5-6,11-12H2,(H,29,30,32). The number of nitrogens with one attached hydrogen (secondary N) is 1. The Bertz CT molecular complexity index is 1240. The first-order chi connectivity index (χ1) is 16.1. The molecule has 1 saturated carbocycles. The van der Waals surface area contributed by atoms with Crippen LogP contribution in [0.25, 0.3) is 17.1 Å². The summed E-state index contributed by atoms with van der Waals surface area (Å²) in [4.78, 5) is 22.1. The highest BCUT2D eigenvalue weighted by Gasteiger charge is 2.24.